The summed E-state index contributed by atoms with van der Waals surface area (Å²) in [6, 6.07) is 20.7. The van der Waals surface area contributed by atoms with Crippen LogP contribution in [0, 0.1) is 6.92 Å². The van der Waals surface area contributed by atoms with Gasteiger partial charge in [0.15, 0.2) is 5.78 Å². The third kappa shape index (κ3) is 6.04. The van der Waals surface area contributed by atoms with Crippen molar-refractivity contribution in [1.82, 2.24) is 9.80 Å². The minimum Gasteiger partial charge on any atom is -0.497 e. The Morgan fingerprint density at radius 3 is 2.42 bits per heavy atom. The molecule has 0 atom stereocenters. The normalized spacial score (nSPS) is 14.6. The van der Waals surface area contributed by atoms with Gasteiger partial charge < -0.3 is 19.4 Å². The molecule has 0 saturated carbocycles. The summed E-state index contributed by atoms with van der Waals surface area (Å²) in [5, 5.41) is 0. The fourth-order valence-electron chi connectivity index (χ4n) is 4.73. The minimum atomic E-state index is -0.00441. The third-order valence-corrected chi connectivity index (χ3v) is 6.82. The van der Waals surface area contributed by atoms with Crippen molar-refractivity contribution in [2.24, 2.45) is 0 Å². The number of rotatable bonds is 8. The molecule has 1 heterocycles. The molecule has 4 rings (SSSR count). The molecular formula is C31H37N3O2. The topological polar surface area (TPSA) is 36.0 Å². The van der Waals surface area contributed by atoms with E-state index in [1.54, 1.807) is 13.2 Å². The molecule has 1 fully saturated rings. The molecule has 3 aromatic rings. The molecule has 5 heteroatoms. The summed E-state index contributed by atoms with van der Waals surface area (Å²) >= 11 is 0. The number of likely N-dealkylation sites (N-methyl/N-ethyl adjacent to an activating group) is 1. The first-order valence-electron chi connectivity index (χ1n) is 12.5. The van der Waals surface area contributed by atoms with E-state index in [0.717, 1.165) is 48.6 Å². The number of allylic oxidation sites excluding steroid dienone is 1. The number of carbonyl (C=O) groups is 1. The number of methoxy groups -OCH3 is 1. The third-order valence-electron chi connectivity index (χ3n) is 6.82. The molecule has 1 saturated heterocycles. The molecule has 0 aliphatic carbocycles. The Morgan fingerprint density at radius 1 is 0.972 bits per heavy atom. The molecule has 0 radical (unpaired) electrons. The van der Waals surface area contributed by atoms with Gasteiger partial charge in [0.05, 0.1) is 7.11 Å². The van der Waals surface area contributed by atoms with Crippen LogP contribution in [0.1, 0.15) is 27.0 Å². The van der Waals surface area contributed by atoms with Gasteiger partial charge in [-0.3, -0.25) is 4.79 Å². The zero-order chi connectivity index (χ0) is 25.7. The first kappa shape index (κ1) is 25.7. The maximum Gasteiger partial charge on any atom is 0.186 e. The van der Waals surface area contributed by atoms with Gasteiger partial charge in [0.1, 0.15) is 5.75 Å². The van der Waals surface area contributed by atoms with E-state index in [9.17, 15) is 4.79 Å². The minimum absolute atomic E-state index is 0.00441. The van der Waals surface area contributed by atoms with Gasteiger partial charge >= 0.3 is 0 Å². The van der Waals surface area contributed by atoms with Crippen LogP contribution in [0.25, 0.3) is 17.2 Å². The van der Waals surface area contributed by atoms with Gasteiger partial charge in [0, 0.05) is 44.0 Å². The number of nitrogens with zero attached hydrogens (tertiary/aromatic N) is 3. The van der Waals surface area contributed by atoms with Gasteiger partial charge in [-0.2, -0.15) is 0 Å². The van der Waals surface area contributed by atoms with Crippen molar-refractivity contribution in [2.75, 3.05) is 59.3 Å². The molecule has 0 amide bonds. The highest BCUT2D eigenvalue weighted by atomic mass is 16.5. The largest absolute Gasteiger partial charge is 0.497 e. The van der Waals surface area contributed by atoms with Gasteiger partial charge in [0.25, 0.3) is 0 Å². The molecule has 188 valence electrons. The number of ketones is 1. The summed E-state index contributed by atoms with van der Waals surface area (Å²) in [6.45, 7) is 6.90. The SMILES string of the molecule is COc1ccc(C(=O)C=Cc2cc(N3CCN(C)CC3)ccc2-c2ccccc2C)c(CN(C)C)c1. The molecule has 5 nitrogen and oxygen atoms in total. The summed E-state index contributed by atoms with van der Waals surface area (Å²) in [6.07, 6.45) is 3.69. The summed E-state index contributed by atoms with van der Waals surface area (Å²) in [5.74, 6) is 0.754. The highest BCUT2D eigenvalue weighted by molar-refractivity contribution is 6.08. The smallest absolute Gasteiger partial charge is 0.186 e. The molecule has 0 aromatic heterocycles. The van der Waals surface area contributed by atoms with Gasteiger partial charge in [-0.1, -0.05) is 36.4 Å². The molecular weight excluding hydrogens is 446 g/mol. The van der Waals surface area contributed by atoms with Crippen molar-refractivity contribution in [1.29, 1.82) is 0 Å². The Kier molecular flexibility index (Phi) is 8.24. The van der Waals surface area contributed by atoms with E-state index in [-0.39, 0.29) is 5.78 Å². The van der Waals surface area contributed by atoms with Crippen LogP contribution in [0.5, 0.6) is 5.75 Å². The van der Waals surface area contributed by atoms with E-state index in [1.165, 1.54) is 16.8 Å². The number of piperazine rings is 1. The number of aryl methyl sites for hydroxylation is 1. The maximum atomic E-state index is 13.4. The lowest BCUT2D eigenvalue weighted by Gasteiger charge is -2.34. The first-order valence-corrected chi connectivity index (χ1v) is 12.5. The van der Waals surface area contributed by atoms with Crippen LogP contribution < -0.4 is 9.64 Å². The van der Waals surface area contributed by atoms with E-state index in [1.807, 2.05) is 38.4 Å². The first-order chi connectivity index (χ1) is 17.4. The van der Waals surface area contributed by atoms with Crippen LogP contribution in [0.15, 0.2) is 66.7 Å². The molecule has 0 spiro atoms. The van der Waals surface area contributed by atoms with Crippen molar-refractivity contribution in [3.63, 3.8) is 0 Å². The maximum absolute atomic E-state index is 13.4. The predicted molar refractivity (Wildman–Crippen MR) is 150 cm³/mol. The van der Waals surface area contributed by atoms with Crippen LogP contribution in [0.4, 0.5) is 5.69 Å². The van der Waals surface area contributed by atoms with E-state index in [2.05, 4.69) is 71.1 Å². The van der Waals surface area contributed by atoms with E-state index >= 15 is 0 Å². The van der Waals surface area contributed by atoms with Crippen molar-refractivity contribution >= 4 is 17.5 Å². The molecule has 0 unspecified atom stereocenters. The number of carbonyl (C=O) groups excluding carboxylic acids is 1. The average Bonchev–Trinajstić information content (AvgIpc) is 2.87. The second-order valence-corrected chi connectivity index (χ2v) is 9.84. The molecule has 3 aromatic carbocycles. The highest BCUT2D eigenvalue weighted by Crippen LogP contribution is 2.32. The summed E-state index contributed by atoms with van der Waals surface area (Å²) in [5.41, 5.74) is 7.45. The lowest BCUT2D eigenvalue weighted by Crippen LogP contribution is -2.44. The lowest BCUT2D eigenvalue weighted by molar-refractivity contribution is 0.104. The zero-order valence-electron chi connectivity index (χ0n) is 22.1. The Morgan fingerprint density at radius 2 is 1.72 bits per heavy atom. The quantitative estimate of drug-likeness (QED) is 0.318. The second-order valence-electron chi connectivity index (χ2n) is 9.84. The molecule has 1 aliphatic heterocycles. The van der Waals surface area contributed by atoms with Crippen LogP contribution in [-0.2, 0) is 6.54 Å². The highest BCUT2D eigenvalue weighted by Gasteiger charge is 2.17. The van der Waals surface area contributed by atoms with Crippen LogP contribution in [0.2, 0.25) is 0 Å². The van der Waals surface area contributed by atoms with E-state index < -0.39 is 0 Å². The van der Waals surface area contributed by atoms with Crippen LogP contribution in [-0.4, -0.2) is 70.0 Å². The average molecular weight is 484 g/mol. The Labute approximate surface area is 215 Å². The van der Waals surface area contributed by atoms with E-state index in [0.29, 0.717) is 12.1 Å². The monoisotopic (exact) mass is 483 g/mol. The molecule has 0 bridgehead atoms. The molecule has 0 N–H and O–H groups in total. The van der Waals surface area contributed by atoms with Crippen molar-refractivity contribution < 1.29 is 9.53 Å². The number of benzene rings is 3. The summed E-state index contributed by atoms with van der Waals surface area (Å²) < 4.78 is 5.40. The Balaban J connectivity index is 1.71. The standard InChI is InChI=1S/C31H37N3O2/c1-23-8-6-7-9-28(23)29-13-11-26(34-18-16-33(4)17-19-34)20-24(29)10-15-31(35)30-14-12-27(36-5)21-25(30)22-32(2)3/h6-15,20-21H,16-19,22H2,1-5H3. The fraction of sp³-hybridized carbons (Fsp3) is 0.323. The van der Waals surface area contributed by atoms with Gasteiger partial charge in [-0.25, -0.2) is 0 Å². The van der Waals surface area contributed by atoms with Gasteiger partial charge in [0.2, 0.25) is 0 Å². The number of anilines is 1. The molecule has 36 heavy (non-hydrogen) atoms. The summed E-state index contributed by atoms with van der Waals surface area (Å²) in [7, 11) is 7.82. The Bertz CT molecular complexity index is 1240. The van der Waals surface area contributed by atoms with Crippen LogP contribution >= 0.6 is 0 Å². The number of hydrogen-bond donors (Lipinski definition) is 0. The van der Waals surface area contributed by atoms with Crippen molar-refractivity contribution in [3.8, 4) is 16.9 Å². The van der Waals surface area contributed by atoms with E-state index in [4.69, 9.17) is 4.74 Å². The second kappa shape index (κ2) is 11.5. The lowest BCUT2D eigenvalue weighted by atomic mass is 9.94. The number of ether oxygens (including phenoxy) is 1. The predicted octanol–water partition coefficient (Wildman–Crippen LogP) is 5.38. The number of hydrogen-bond acceptors (Lipinski definition) is 5. The zero-order valence-corrected chi connectivity index (χ0v) is 22.1. The summed E-state index contributed by atoms with van der Waals surface area (Å²) in [4.78, 5) is 20.2. The Hall–Kier alpha value is -3.41. The van der Waals surface area contributed by atoms with Gasteiger partial charge in [-0.15, -0.1) is 0 Å². The molecule has 1 aliphatic rings. The van der Waals surface area contributed by atoms with Crippen LogP contribution in [0.3, 0.4) is 0 Å². The van der Waals surface area contributed by atoms with Crippen molar-refractivity contribution in [3.05, 3.63) is 89.0 Å². The fourth-order valence-corrected chi connectivity index (χ4v) is 4.73. The van der Waals surface area contributed by atoms with Gasteiger partial charge in [-0.05, 0) is 92.3 Å². The van der Waals surface area contributed by atoms with Crippen molar-refractivity contribution in [2.45, 2.75) is 13.5 Å².